The molecular formula is C51H32FN5. The minimum atomic E-state index is -0.311. The Morgan fingerprint density at radius 3 is 1.35 bits per heavy atom. The zero-order chi connectivity index (χ0) is 37.9. The molecule has 0 saturated heterocycles. The summed E-state index contributed by atoms with van der Waals surface area (Å²) in [7, 11) is 0. The van der Waals surface area contributed by atoms with Crippen LogP contribution < -0.4 is 0 Å². The normalized spacial score (nSPS) is 11.6. The predicted octanol–water partition coefficient (Wildman–Crippen LogP) is 12.9. The van der Waals surface area contributed by atoms with E-state index < -0.39 is 0 Å². The monoisotopic (exact) mass is 733 g/mol. The lowest BCUT2D eigenvalue weighted by atomic mass is 9.98. The first-order valence-electron chi connectivity index (χ1n) is 19.0. The van der Waals surface area contributed by atoms with Gasteiger partial charge in [-0.05, 0) is 71.8 Å². The van der Waals surface area contributed by atoms with Gasteiger partial charge in [0.05, 0.1) is 22.1 Å². The van der Waals surface area contributed by atoms with Gasteiger partial charge in [-0.3, -0.25) is 0 Å². The topological polar surface area (TPSA) is 48.5 Å². The summed E-state index contributed by atoms with van der Waals surface area (Å²) in [4.78, 5) is 15.2. The molecule has 0 amide bonds. The minimum absolute atomic E-state index is 0.311. The van der Waals surface area contributed by atoms with E-state index in [0.29, 0.717) is 17.5 Å². The Kier molecular flexibility index (Phi) is 7.60. The minimum Gasteiger partial charge on any atom is -0.309 e. The fraction of sp³-hybridized carbons (Fsp3) is 0. The molecule has 11 aromatic rings. The average molecular weight is 734 g/mol. The number of benzene rings is 8. The molecule has 8 aromatic carbocycles. The summed E-state index contributed by atoms with van der Waals surface area (Å²) < 4.78 is 19.5. The molecular weight excluding hydrogens is 702 g/mol. The summed E-state index contributed by atoms with van der Waals surface area (Å²) in [5.74, 6) is 1.31. The number of aromatic nitrogens is 5. The molecule has 5 nitrogen and oxygen atoms in total. The Hall–Kier alpha value is -7.70. The van der Waals surface area contributed by atoms with Crippen LogP contribution in [0.5, 0.6) is 0 Å². The van der Waals surface area contributed by atoms with Crippen LogP contribution in [0, 0.1) is 5.82 Å². The van der Waals surface area contributed by atoms with E-state index in [9.17, 15) is 4.39 Å². The third-order valence-electron chi connectivity index (χ3n) is 10.8. The van der Waals surface area contributed by atoms with E-state index in [2.05, 4.69) is 118 Å². The van der Waals surface area contributed by atoms with Gasteiger partial charge in [0.15, 0.2) is 17.5 Å². The Balaban J connectivity index is 1.16. The summed E-state index contributed by atoms with van der Waals surface area (Å²) in [5, 5.41) is 4.74. The van der Waals surface area contributed by atoms with Gasteiger partial charge in [-0.1, -0.05) is 133 Å². The average Bonchev–Trinajstić information content (AvgIpc) is 3.79. The second-order valence-corrected chi connectivity index (χ2v) is 14.2. The Morgan fingerprint density at radius 1 is 0.316 bits per heavy atom. The first-order chi connectivity index (χ1) is 28.2. The first-order valence-corrected chi connectivity index (χ1v) is 19.0. The van der Waals surface area contributed by atoms with Crippen LogP contribution in [0.25, 0.3) is 100 Å². The van der Waals surface area contributed by atoms with Crippen molar-refractivity contribution in [3.8, 4) is 56.7 Å². The molecule has 3 aromatic heterocycles. The number of rotatable bonds is 6. The van der Waals surface area contributed by atoms with Crippen molar-refractivity contribution in [1.29, 1.82) is 0 Å². The molecule has 11 rings (SSSR count). The molecule has 0 bridgehead atoms. The maximum absolute atomic E-state index is 14.9. The van der Waals surface area contributed by atoms with Gasteiger partial charge < -0.3 is 9.13 Å². The van der Waals surface area contributed by atoms with Crippen LogP contribution in [-0.4, -0.2) is 24.1 Å². The van der Waals surface area contributed by atoms with Gasteiger partial charge in [0.25, 0.3) is 0 Å². The smallest absolute Gasteiger partial charge is 0.164 e. The molecule has 0 spiro atoms. The van der Waals surface area contributed by atoms with Gasteiger partial charge in [0.2, 0.25) is 0 Å². The number of fused-ring (bicyclic) bond motifs is 6. The third-order valence-corrected chi connectivity index (χ3v) is 10.8. The SMILES string of the molecule is Fc1cccc(-c2ccc(-n3c4ccccc4c4cc(-n5c6ccccc6c6ccccc65)ccc43)cc2-c2nc(-c3ccccc3)nc(-c3ccccc3)n2)c1. The van der Waals surface area contributed by atoms with Crippen molar-refractivity contribution in [3.05, 3.63) is 200 Å². The zero-order valence-electron chi connectivity index (χ0n) is 30.6. The van der Waals surface area contributed by atoms with Crippen LogP contribution in [0.1, 0.15) is 0 Å². The zero-order valence-corrected chi connectivity index (χ0v) is 30.6. The molecule has 268 valence electrons. The quantitative estimate of drug-likeness (QED) is 0.171. The van der Waals surface area contributed by atoms with E-state index in [1.54, 1.807) is 12.1 Å². The van der Waals surface area contributed by atoms with E-state index in [1.807, 2.05) is 66.7 Å². The highest BCUT2D eigenvalue weighted by molar-refractivity contribution is 6.12. The molecule has 57 heavy (non-hydrogen) atoms. The van der Waals surface area contributed by atoms with Crippen LogP contribution in [0.4, 0.5) is 4.39 Å². The molecule has 0 unspecified atom stereocenters. The molecule has 0 fully saturated rings. The molecule has 6 heteroatoms. The number of halogens is 1. The molecule has 0 N–H and O–H groups in total. The van der Waals surface area contributed by atoms with E-state index >= 15 is 0 Å². The van der Waals surface area contributed by atoms with Crippen molar-refractivity contribution in [3.63, 3.8) is 0 Å². The van der Waals surface area contributed by atoms with Crippen LogP contribution in [0.15, 0.2) is 194 Å². The van der Waals surface area contributed by atoms with Gasteiger partial charge in [-0.2, -0.15) is 0 Å². The fourth-order valence-corrected chi connectivity index (χ4v) is 8.27. The summed E-state index contributed by atoms with van der Waals surface area (Å²) >= 11 is 0. The molecule has 0 aliphatic heterocycles. The fourth-order valence-electron chi connectivity index (χ4n) is 8.27. The lowest BCUT2D eigenvalue weighted by Gasteiger charge is -2.16. The summed E-state index contributed by atoms with van der Waals surface area (Å²) in [6.07, 6.45) is 0. The maximum atomic E-state index is 14.9. The molecule has 3 heterocycles. The highest BCUT2D eigenvalue weighted by Crippen LogP contribution is 2.40. The van der Waals surface area contributed by atoms with E-state index in [4.69, 9.17) is 15.0 Å². The van der Waals surface area contributed by atoms with Gasteiger partial charge in [-0.25, -0.2) is 19.3 Å². The van der Waals surface area contributed by atoms with E-state index in [1.165, 1.54) is 27.9 Å². The standard InChI is InChI=1S/C51H32FN5/c52-36-19-13-18-35(30-36)39-28-26-37(32-44(39)51-54-49(33-14-3-1-4-15-33)53-50(55-51)34-16-5-2-6-17-34)57-47-25-12-9-22-42(47)43-31-38(27-29-48(43)57)56-45-23-10-7-20-40(45)41-21-8-11-24-46(41)56/h1-32H. The highest BCUT2D eigenvalue weighted by atomic mass is 19.1. The summed E-state index contributed by atoms with van der Waals surface area (Å²) in [6, 6.07) is 65.3. The third kappa shape index (κ3) is 5.49. The Morgan fingerprint density at radius 2 is 0.772 bits per heavy atom. The van der Waals surface area contributed by atoms with Crippen molar-refractivity contribution >= 4 is 43.6 Å². The lowest BCUT2D eigenvalue weighted by Crippen LogP contribution is -2.02. The Bertz CT molecular complexity index is 3200. The molecule has 0 saturated carbocycles. The largest absolute Gasteiger partial charge is 0.309 e. The van der Waals surface area contributed by atoms with Crippen molar-refractivity contribution < 1.29 is 4.39 Å². The van der Waals surface area contributed by atoms with Crippen LogP contribution in [-0.2, 0) is 0 Å². The number of hydrogen-bond donors (Lipinski definition) is 0. The van der Waals surface area contributed by atoms with Gasteiger partial charge in [0.1, 0.15) is 5.82 Å². The van der Waals surface area contributed by atoms with E-state index in [0.717, 1.165) is 61.0 Å². The number of para-hydroxylation sites is 3. The van der Waals surface area contributed by atoms with Gasteiger partial charge >= 0.3 is 0 Å². The van der Waals surface area contributed by atoms with Crippen molar-refractivity contribution in [1.82, 2.24) is 24.1 Å². The highest BCUT2D eigenvalue weighted by Gasteiger charge is 2.20. The number of nitrogens with zero attached hydrogens (tertiary/aromatic N) is 5. The van der Waals surface area contributed by atoms with E-state index in [-0.39, 0.29) is 5.82 Å². The van der Waals surface area contributed by atoms with Gasteiger partial charge in [0, 0.05) is 49.6 Å². The number of hydrogen-bond acceptors (Lipinski definition) is 3. The second-order valence-electron chi connectivity index (χ2n) is 14.2. The first kappa shape index (κ1) is 32.7. The summed E-state index contributed by atoms with van der Waals surface area (Å²) in [5.41, 5.74) is 10.6. The van der Waals surface area contributed by atoms with Crippen LogP contribution in [0.2, 0.25) is 0 Å². The van der Waals surface area contributed by atoms with Crippen molar-refractivity contribution in [2.45, 2.75) is 0 Å². The van der Waals surface area contributed by atoms with Crippen LogP contribution >= 0.6 is 0 Å². The summed E-state index contributed by atoms with van der Waals surface area (Å²) in [6.45, 7) is 0. The van der Waals surface area contributed by atoms with Crippen molar-refractivity contribution in [2.24, 2.45) is 0 Å². The molecule has 0 aliphatic carbocycles. The molecule has 0 aliphatic rings. The molecule has 0 radical (unpaired) electrons. The molecule has 0 atom stereocenters. The van der Waals surface area contributed by atoms with Crippen LogP contribution in [0.3, 0.4) is 0 Å². The second kappa shape index (κ2) is 13.3. The Labute approximate surface area is 327 Å². The lowest BCUT2D eigenvalue weighted by molar-refractivity contribution is 0.628. The maximum Gasteiger partial charge on any atom is 0.164 e. The van der Waals surface area contributed by atoms with Gasteiger partial charge in [-0.15, -0.1) is 0 Å². The predicted molar refractivity (Wildman–Crippen MR) is 230 cm³/mol. The van der Waals surface area contributed by atoms with Crippen molar-refractivity contribution in [2.75, 3.05) is 0 Å².